The van der Waals surface area contributed by atoms with Crippen LogP contribution in [-0.2, 0) is 18.3 Å². The molecule has 0 saturated carbocycles. The Balaban J connectivity index is 2.10. The van der Waals surface area contributed by atoms with Crippen molar-refractivity contribution in [1.29, 1.82) is 0 Å². The number of benzene rings is 1. The predicted molar refractivity (Wildman–Crippen MR) is 99.3 cm³/mol. The standard InChI is InChI=1S/C18H26F2N6O/c1-12(15-7-6-14(19)10-16(15)20)23-18(21-8-5-9-27-4)22-11-17-25-24-13(2)26(17)3/h6-7,10,12H,5,8-9,11H2,1-4H3,(H2,21,22,23). The highest BCUT2D eigenvalue weighted by Crippen LogP contribution is 2.17. The van der Waals surface area contributed by atoms with Gasteiger partial charge in [-0.2, -0.15) is 0 Å². The molecule has 27 heavy (non-hydrogen) atoms. The van der Waals surface area contributed by atoms with Crippen LogP contribution in [0, 0.1) is 18.6 Å². The zero-order chi connectivity index (χ0) is 19.8. The summed E-state index contributed by atoms with van der Waals surface area (Å²) in [6.07, 6.45) is 0.791. The maximum Gasteiger partial charge on any atom is 0.192 e. The Morgan fingerprint density at radius 2 is 2.11 bits per heavy atom. The molecule has 0 fully saturated rings. The van der Waals surface area contributed by atoms with Gasteiger partial charge in [0.15, 0.2) is 11.8 Å². The summed E-state index contributed by atoms with van der Waals surface area (Å²) in [6.45, 7) is 5.22. The number of halogens is 2. The Morgan fingerprint density at radius 1 is 1.33 bits per heavy atom. The molecule has 0 aliphatic rings. The molecule has 2 N–H and O–H groups in total. The van der Waals surface area contributed by atoms with E-state index >= 15 is 0 Å². The summed E-state index contributed by atoms with van der Waals surface area (Å²) in [5, 5.41) is 14.4. The summed E-state index contributed by atoms with van der Waals surface area (Å²) >= 11 is 0. The van der Waals surface area contributed by atoms with Crippen molar-refractivity contribution in [3.63, 3.8) is 0 Å². The summed E-state index contributed by atoms with van der Waals surface area (Å²) in [5.41, 5.74) is 0.359. The first kappa shape index (κ1) is 20.8. The summed E-state index contributed by atoms with van der Waals surface area (Å²) in [5.74, 6) is 0.809. The van der Waals surface area contributed by atoms with E-state index in [0.717, 1.165) is 18.3 Å². The number of aromatic nitrogens is 3. The maximum absolute atomic E-state index is 14.0. The van der Waals surface area contributed by atoms with Crippen LogP contribution in [0.15, 0.2) is 23.2 Å². The smallest absolute Gasteiger partial charge is 0.192 e. The molecule has 1 heterocycles. The first-order chi connectivity index (χ1) is 12.9. The number of nitrogens with one attached hydrogen (secondary N) is 2. The van der Waals surface area contributed by atoms with Gasteiger partial charge >= 0.3 is 0 Å². The quantitative estimate of drug-likeness (QED) is 0.417. The lowest BCUT2D eigenvalue weighted by Crippen LogP contribution is -2.39. The van der Waals surface area contributed by atoms with Gasteiger partial charge in [0.05, 0.1) is 6.04 Å². The van der Waals surface area contributed by atoms with Crippen LogP contribution >= 0.6 is 0 Å². The van der Waals surface area contributed by atoms with E-state index in [1.807, 2.05) is 18.5 Å². The minimum absolute atomic E-state index is 0.315. The molecule has 2 rings (SSSR count). The molecule has 0 bridgehead atoms. The van der Waals surface area contributed by atoms with Crippen molar-refractivity contribution in [2.45, 2.75) is 32.9 Å². The van der Waals surface area contributed by atoms with Gasteiger partial charge in [0.1, 0.15) is 24.0 Å². The van der Waals surface area contributed by atoms with E-state index in [1.165, 1.54) is 12.1 Å². The highest BCUT2D eigenvalue weighted by atomic mass is 19.1. The first-order valence-electron chi connectivity index (χ1n) is 8.76. The molecule has 0 amide bonds. The predicted octanol–water partition coefficient (Wildman–Crippen LogP) is 2.23. The maximum atomic E-state index is 14.0. The Bertz CT molecular complexity index is 777. The number of methoxy groups -OCH3 is 1. The third kappa shape index (κ3) is 5.99. The van der Waals surface area contributed by atoms with E-state index in [-0.39, 0.29) is 0 Å². The van der Waals surface area contributed by atoms with Gasteiger partial charge in [-0.05, 0) is 26.3 Å². The number of hydrogen-bond acceptors (Lipinski definition) is 4. The van der Waals surface area contributed by atoms with Gasteiger partial charge in [-0.3, -0.25) is 0 Å². The molecule has 9 heteroatoms. The summed E-state index contributed by atoms with van der Waals surface area (Å²) in [6, 6.07) is 3.14. The second-order valence-corrected chi connectivity index (χ2v) is 6.19. The topological polar surface area (TPSA) is 76.4 Å². The molecule has 148 valence electrons. The number of nitrogens with zero attached hydrogens (tertiary/aromatic N) is 4. The number of guanidine groups is 1. The highest BCUT2D eigenvalue weighted by molar-refractivity contribution is 5.80. The number of aliphatic imine (C=N–C) groups is 1. The largest absolute Gasteiger partial charge is 0.385 e. The van der Waals surface area contributed by atoms with Crippen molar-refractivity contribution < 1.29 is 13.5 Å². The molecule has 1 aromatic carbocycles. The van der Waals surface area contributed by atoms with E-state index in [9.17, 15) is 8.78 Å². The molecule has 0 aliphatic heterocycles. The second kappa shape index (κ2) is 9.96. The van der Waals surface area contributed by atoms with Crippen LogP contribution in [0.3, 0.4) is 0 Å². The van der Waals surface area contributed by atoms with Crippen molar-refractivity contribution >= 4 is 5.96 Å². The number of hydrogen-bond donors (Lipinski definition) is 2. The van der Waals surface area contributed by atoms with E-state index < -0.39 is 17.7 Å². The van der Waals surface area contributed by atoms with Crippen LogP contribution < -0.4 is 10.6 Å². The summed E-state index contributed by atoms with van der Waals surface area (Å²) in [7, 11) is 3.51. The lowest BCUT2D eigenvalue weighted by atomic mass is 10.1. The van der Waals surface area contributed by atoms with Crippen LogP contribution in [0.4, 0.5) is 8.78 Å². The van der Waals surface area contributed by atoms with Crippen molar-refractivity contribution in [2.24, 2.45) is 12.0 Å². The minimum atomic E-state index is -0.604. The average Bonchev–Trinajstić information content (AvgIpc) is 2.94. The lowest BCUT2D eigenvalue weighted by molar-refractivity contribution is 0.195. The van der Waals surface area contributed by atoms with E-state index in [4.69, 9.17) is 4.74 Å². The third-order valence-corrected chi connectivity index (χ3v) is 4.16. The summed E-state index contributed by atoms with van der Waals surface area (Å²) < 4.78 is 34.1. The Morgan fingerprint density at radius 3 is 2.74 bits per heavy atom. The fraction of sp³-hybridized carbons (Fsp3) is 0.500. The van der Waals surface area contributed by atoms with Gasteiger partial charge in [0, 0.05) is 38.9 Å². The molecule has 1 atom stereocenters. The summed E-state index contributed by atoms with van der Waals surface area (Å²) in [4.78, 5) is 4.51. The second-order valence-electron chi connectivity index (χ2n) is 6.19. The molecular formula is C18H26F2N6O. The lowest BCUT2D eigenvalue weighted by Gasteiger charge is -2.19. The molecule has 0 aliphatic carbocycles. The zero-order valence-corrected chi connectivity index (χ0v) is 16.1. The van der Waals surface area contributed by atoms with Crippen molar-refractivity contribution in [1.82, 2.24) is 25.4 Å². The Kier molecular flexibility index (Phi) is 7.66. The van der Waals surface area contributed by atoms with Gasteiger partial charge < -0.3 is 19.9 Å². The number of ether oxygens (including phenoxy) is 1. The SMILES string of the molecule is COCCCNC(=NCc1nnc(C)n1C)NC(C)c1ccc(F)cc1F. The number of aryl methyl sites for hydroxylation is 1. The monoisotopic (exact) mass is 380 g/mol. The fourth-order valence-corrected chi connectivity index (χ4v) is 2.45. The molecule has 0 radical (unpaired) electrons. The molecule has 0 spiro atoms. The van der Waals surface area contributed by atoms with E-state index in [0.29, 0.717) is 37.0 Å². The molecule has 2 aromatic rings. The average molecular weight is 380 g/mol. The molecule has 7 nitrogen and oxygen atoms in total. The van der Waals surface area contributed by atoms with Crippen molar-refractivity contribution in [3.05, 3.63) is 47.0 Å². The molecular weight excluding hydrogens is 354 g/mol. The Labute approximate surface area is 157 Å². The van der Waals surface area contributed by atoms with Crippen molar-refractivity contribution in [2.75, 3.05) is 20.3 Å². The highest BCUT2D eigenvalue weighted by Gasteiger charge is 2.14. The van der Waals surface area contributed by atoms with Gasteiger partial charge in [-0.1, -0.05) is 6.07 Å². The first-order valence-corrected chi connectivity index (χ1v) is 8.76. The molecule has 1 unspecified atom stereocenters. The van der Waals surface area contributed by atoms with Crippen LogP contribution in [-0.4, -0.2) is 41.0 Å². The van der Waals surface area contributed by atoms with Crippen LogP contribution in [0.1, 0.15) is 36.6 Å². The molecule has 1 aromatic heterocycles. The third-order valence-electron chi connectivity index (χ3n) is 4.16. The number of rotatable bonds is 8. The zero-order valence-electron chi connectivity index (χ0n) is 16.1. The van der Waals surface area contributed by atoms with Crippen LogP contribution in [0.2, 0.25) is 0 Å². The van der Waals surface area contributed by atoms with Gasteiger partial charge in [-0.15, -0.1) is 10.2 Å². The van der Waals surface area contributed by atoms with E-state index in [2.05, 4.69) is 25.8 Å². The fourth-order valence-electron chi connectivity index (χ4n) is 2.45. The minimum Gasteiger partial charge on any atom is -0.385 e. The van der Waals surface area contributed by atoms with E-state index in [1.54, 1.807) is 14.0 Å². The van der Waals surface area contributed by atoms with Crippen LogP contribution in [0.25, 0.3) is 0 Å². The van der Waals surface area contributed by atoms with Crippen molar-refractivity contribution in [3.8, 4) is 0 Å². The van der Waals surface area contributed by atoms with Gasteiger partial charge in [-0.25, -0.2) is 13.8 Å². The van der Waals surface area contributed by atoms with Gasteiger partial charge in [0.25, 0.3) is 0 Å². The Hall–Kier alpha value is -2.55. The van der Waals surface area contributed by atoms with Gasteiger partial charge in [0.2, 0.25) is 0 Å². The normalized spacial score (nSPS) is 12.9. The molecule has 0 saturated heterocycles. The van der Waals surface area contributed by atoms with Crippen LogP contribution in [0.5, 0.6) is 0 Å².